The van der Waals surface area contributed by atoms with E-state index in [0.29, 0.717) is 12.0 Å². The Kier molecular flexibility index (Phi) is 4.71. The summed E-state index contributed by atoms with van der Waals surface area (Å²) >= 11 is 0. The summed E-state index contributed by atoms with van der Waals surface area (Å²) in [7, 11) is 0. The van der Waals surface area contributed by atoms with Gasteiger partial charge in [0.05, 0.1) is 25.4 Å². The lowest BCUT2D eigenvalue weighted by Crippen LogP contribution is -2.58. The average Bonchev–Trinajstić information content (AvgIpc) is 2.58. The van der Waals surface area contributed by atoms with Crippen molar-refractivity contribution in [1.82, 2.24) is 0 Å². The first-order valence-corrected chi connectivity index (χ1v) is 9.25. The van der Waals surface area contributed by atoms with Gasteiger partial charge >= 0.3 is 0 Å². The minimum absolute atomic E-state index is 0.00316. The molecule has 3 aliphatic rings. The van der Waals surface area contributed by atoms with Crippen LogP contribution in [0.2, 0.25) is 0 Å². The van der Waals surface area contributed by atoms with E-state index >= 15 is 0 Å². The summed E-state index contributed by atoms with van der Waals surface area (Å²) in [5.74, 6) is 0.445. The molecule has 0 amide bonds. The molecule has 0 spiro atoms. The first-order valence-electron chi connectivity index (χ1n) is 9.25. The van der Waals surface area contributed by atoms with Crippen LogP contribution < -0.4 is 0 Å². The number of fused-ring (bicyclic) bond motifs is 3. The van der Waals surface area contributed by atoms with Gasteiger partial charge in [-0.1, -0.05) is 26.5 Å². The van der Waals surface area contributed by atoms with Crippen LogP contribution in [0.15, 0.2) is 23.8 Å². The van der Waals surface area contributed by atoms with Gasteiger partial charge in [0.1, 0.15) is 0 Å². The predicted octanol–water partition coefficient (Wildman–Crippen LogP) is 2.03. The number of allylic oxidation sites excluding steroid dienone is 1. The molecule has 136 valence electrons. The standard InChI is InChI=1S/C20H32O4/c1-12(10-21)13-4-6-15-14(18(13)24)5-7-16-19(15,2)9-8-17(23)20(16,3)11-22/h5,13,15-18,21-24H,1,4,6-11H2,2-3H3/t13-,15+,16-,17+,18+,19-,20+/m1/s1. The highest BCUT2D eigenvalue weighted by atomic mass is 16.3. The summed E-state index contributed by atoms with van der Waals surface area (Å²) in [5, 5.41) is 40.8. The Hall–Kier alpha value is -0.680. The minimum atomic E-state index is -0.562. The second-order valence-corrected chi connectivity index (χ2v) is 8.71. The SMILES string of the molecule is C=C(CO)[C@H]1CC[C@H]2C(=CC[C@H]3[C@](C)(CO)[C@@H](O)CC[C@@]32C)[C@H]1O. The molecule has 3 rings (SSSR count). The normalized spacial score (nSPS) is 48.2. The maximum absolute atomic E-state index is 10.9. The van der Waals surface area contributed by atoms with Crippen molar-refractivity contribution in [2.75, 3.05) is 13.2 Å². The zero-order valence-electron chi connectivity index (χ0n) is 14.9. The molecule has 0 aliphatic heterocycles. The monoisotopic (exact) mass is 336 g/mol. The lowest BCUT2D eigenvalue weighted by atomic mass is 9.45. The minimum Gasteiger partial charge on any atom is -0.396 e. The topological polar surface area (TPSA) is 80.9 Å². The molecule has 4 heteroatoms. The summed E-state index contributed by atoms with van der Waals surface area (Å²) in [4.78, 5) is 0. The van der Waals surface area contributed by atoms with Gasteiger partial charge in [0.15, 0.2) is 0 Å². The molecule has 0 saturated heterocycles. The molecule has 0 heterocycles. The maximum atomic E-state index is 10.9. The highest BCUT2D eigenvalue weighted by Gasteiger charge is 2.58. The van der Waals surface area contributed by atoms with E-state index in [2.05, 4.69) is 19.6 Å². The second-order valence-electron chi connectivity index (χ2n) is 8.71. The molecule has 0 radical (unpaired) electrons. The van der Waals surface area contributed by atoms with Gasteiger partial charge in [-0.3, -0.25) is 0 Å². The number of rotatable bonds is 3. The van der Waals surface area contributed by atoms with Crippen LogP contribution in [0, 0.1) is 28.6 Å². The maximum Gasteiger partial charge on any atom is 0.0819 e. The van der Waals surface area contributed by atoms with Gasteiger partial charge in [-0.15, -0.1) is 0 Å². The fourth-order valence-corrected chi connectivity index (χ4v) is 5.99. The smallest absolute Gasteiger partial charge is 0.0819 e. The molecule has 3 aliphatic carbocycles. The Bertz CT molecular complexity index is 542. The van der Waals surface area contributed by atoms with Crippen molar-refractivity contribution in [1.29, 1.82) is 0 Å². The van der Waals surface area contributed by atoms with E-state index in [1.807, 2.05) is 6.92 Å². The number of aliphatic hydroxyl groups excluding tert-OH is 4. The van der Waals surface area contributed by atoms with Crippen LogP contribution in [0.1, 0.15) is 46.0 Å². The largest absolute Gasteiger partial charge is 0.396 e. The summed E-state index contributed by atoms with van der Waals surface area (Å²) in [5.41, 5.74) is 1.32. The molecule has 0 aromatic heterocycles. The van der Waals surface area contributed by atoms with Gasteiger partial charge in [-0.25, -0.2) is 0 Å². The third kappa shape index (κ3) is 2.42. The Morgan fingerprint density at radius 3 is 2.54 bits per heavy atom. The van der Waals surface area contributed by atoms with Gasteiger partial charge < -0.3 is 20.4 Å². The van der Waals surface area contributed by atoms with Crippen LogP contribution in [0.3, 0.4) is 0 Å². The van der Waals surface area contributed by atoms with Crippen LogP contribution in [0.25, 0.3) is 0 Å². The third-order valence-electron chi connectivity index (χ3n) is 7.65. The van der Waals surface area contributed by atoms with Crippen molar-refractivity contribution < 1.29 is 20.4 Å². The Morgan fingerprint density at radius 1 is 1.21 bits per heavy atom. The van der Waals surface area contributed by atoms with Crippen molar-refractivity contribution >= 4 is 0 Å². The molecule has 4 nitrogen and oxygen atoms in total. The fourth-order valence-electron chi connectivity index (χ4n) is 5.99. The van der Waals surface area contributed by atoms with E-state index in [4.69, 9.17) is 0 Å². The van der Waals surface area contributed by atoms with Gasteiger partial charge in [-0.2, -0.15) is 0 Å². The summed E-state index contributed by atoms with van der Waals surface area (Å²) < 4.78 is 0. The van der Waals surface area contributed by atoms with E-state index in [9.17, 15) is 20.4 Å². The number of hydrogen-bond acceptors (Lipinski definition) is 4. The highest BCUT2D eigenvalue weighted by molar-refractivity contribution is 5.29. The van der Waals surface area contributed by atoms with Crippen LogP contribution in [0.4, 0.5) is 0 Å². The second kappa shape index (κ2) is 6.24. The molecular weight excluding hydrogens is 304 g/mol. The number of aliphatic hydroxyl groups is 4. The summed E-state index contributed by atoms with van der Waals surface area (Å²) in [6, 6.07) is 0. The van der Waals surface area contributed by atoms with Crippen LogP contribution in [-0.4, -0.2) is 45.8 Å². The molecule has 0 unspecified atom stereocenters. The van der Waals surface area contributed by atoms with Gasteiger partial charge in [0.25, 0.3) is 0 Å². The zero-order valence-corrected chi connectivity index (χ0v) is 14.9. The predicted molar refractivity (Wildman–Crippen MR) is 93.2 cm³/mol. The molecule has 7 atom stereocenters. The van der Waals surface area contributed by atoms with Gasteiger partial charge in [-0.05, 0) is 60.5 Å². The molecule has 0 aromatic rings. The van der Waals surface area contributed by atoms with Crippen LogP contribution in [0.5, 0.6) is 0 Å². The van der Waals surface area contributed by atoms with Crippen LogP contribution >= 0.6 is 0 Å². The summed E-state index contributed by atoms with van der Waals surface area (Å²) in [6.07, 6.45) is 5.34. The molecule has 0 bridgehead atoms. The van der Waals surface area contributed by atoms with Crippen molar-refractivity contribution in [2.45, 2.75) is 58.2 Å². The first-order chi connectivity index (χ1) is 11.3. The van der Waals surface area contributed by atoms with E-state index in [-0.39, 0.29) is 36.4 Å². The Morgan fingerprint density at radius 2 is 1.92 bits per heavy atom. The quantitative estimate of drug-likeness (QED) is 0.595. The first kappa shape index (κ1) is 18.1. The Balaban J connectivity index is 1.95. The lowest BCUT2D eigenvalue weighted by molar-refractivity contribution is -0.150. The third-order valence-corrected chi connectivity index (χ3v) is 7.65. The molecule has 24 heavy (non-hydrogen) atoms. The molecule has 0 aromatic carbocycles. The summed E-state index contributed by atoms with van der Waals surface area (Å²) in [6.45, 7) is 8.14. The molecule has 2 saturated carbocycles. The lowest BCUT2D eigenvalue weighted by Gasteiger charge is -2.60. The van der Waals surface area contributed by atoms with Crippen molar-refractivity contribution in [3.05, 3.63) is 23.8 Å². The van der Waals surface area contributed by atoms with E-state index in [1.54, 1.807) is 0 Å². The fraction of sp³-hybridized carbons (Fsp3) is 0.800. The van der Waals surface area contributed by atoms with Crippen LogP contribution in [-0.2, 0) is 0 Å². The van der Waals surface area contributed by atoms with Crippen molar-refractivity contribution in [2.24, 2.45) is 28.6 Å². The zero-order chi connectivity index (χ0) is 17.7. The molecule has 2 fully saturated rings. The van der Waals surface area contributed by atoms with E-state index in [1.165, 1.54) is 0 Å². The van der Waals surface area contributed by atoms with Crippen molar-refractivity contribution in [3.63, 3.8) is 0 Å². The number of hydrogen-bond donors (Lipinski definition) is 4. The van der Waals surface area contributed by atoms with E-state index < -0.39 is 17.6 Å². The Labute approximate surface area is 144 Å². The average molecular weight is 336 g/mol. The highest BCUT2D eigenvalue weighted by Crippen LogP contribution is 2.62. The molecular formula is C20H32O4. The van der Waals surface area contributed by atoms with Gasteiger partial charge in [0.2, 0.25) is 0 Å². The molecule has 4 N–H and O–H groups in total. The van der Waals surface area contributed by atoms with Crippen molar-refractivity contribution in [3.8, 4) is 0 Å². The van der Waals surface area contributed by atoms with Gasteiger partial charge in [0, 0.05) is 11.3 Å². The van der Waals surface area contributed by atoms with E-state index in [0.717, 1.165) is 31.3 Å².